The minimum atomic E-state index is -0.601. The predicted molar refractivity (Wildman–Crippen MR) is 114 cm³/mol. The van der Waals surface area contributed by atoms with E-state index < -0.39 is 12.0 Å². The maximum Gasteiger partial charge on any atom is 0.338 e. The number of anilines is 1. The maximum absolute atomic E-state index is 13.8. The van der Waals surface area contributed by atoms with Gasteiger partial charge in [-0.2, -0.15) is 0 Å². The fourth-order valence-corrected chi connectivity index (χ4v) is 3.68. The summed E-state index contributed by atoms with van der Waals surface area (Å²) in [4.78, 5) is 14.6. The zero-order chi connectivity index (χ0) is 21.0. The molecule has 1 N–H and O–H groups in total. The Labute approximate surface area is 175 Å². The number of hydrogen-bond acceptors (Lipinski definition) is 4. The molecule has 3 rings (SSSR count). The van der Waals surface area contributed by atoms with Crippen LogP contribution in [0.4, 0.5) is 10.1 Å². The van der Waals surface area contributed by atoms with Crippen LogP contribution in [0.2, 0.25) is 0 Å². The minimum Gasteiger partial charge on any atom is -0.494 e. The summed E-state index contributed by atoms with van der Waals surface area (Å²) in [6, 6.07) is 12.9. The van der Waals surface area contributed by atoms with E-state index in [1.165, 1.54) is 12.1 Å². The van der Waals surface area contributed by atoms with E-state index in [0.29, 0.717) is 28.6 Å². The van der Waals surface area contributed by atoms with Gasteiger partial charge < -0.3 is 14.8 Å². The number of rotatable bonds is 6. The molecule has 29 heavy (non-hydrogen) atoms. The zero-order valence-corrected chi connectivity index (χ0v) is 17.4. The van der Waals surface area contributed by atoms with Crippen LogP contribution in [-0.2, 0) is 9.53 Å². The Balaban J connectivity index is 2.07. The van der Waals surface area contributed by atoms with Crippen LogP contribution in [0.3, 0.4) is 0 Å². The first kappa shape index (κ1) is 20.8. The first-order valence-electron chi connectivity index (χ1n) is 9.43. The summed E-state index contributed by atoms with van der Waals surface area (Å²) < 4.78 is 24.6. The number of allylic oxidation sites excluding steroid dienone is 1. The van der Waals surface area contributed by atoms with Crippen LogP contribution >= 0.6 is 12.2 Å². The average molecular weight is 415 g/mol. The molecule has 1 atom stereocenters. The summed E-state index contributed by atoms with van der Waals surface area (Å²) in [6.45, 7) is 6.28. The first-order chi connectivity index (χ1) is 14.0. The van der Waals surface area contributed by atoms with Crippen molar-refractivity contribution in [2.75, 3.05) is 18.1 Å². The number of benzene rings is 2. The van der Waals surface area contributed by atoms with Gasteiger partial charge in [-0.1, -0.05) is 12.1 Å². The SMILES string of the molecule is CCOC(=O)C1=C(C)N(c2ccc(OCC)cc2)C(=S)N[C@@H]1c1cccc(F)c1. The lowest BCUT2D eigenvalue weighted by Crippen LogP contribution is -2.48. The first-order valence-corrected chi connectivity index (χ1v) is 9.83. The highest BCUT2D eigenvalue weighted by atomic mass is 32.1. The molecule has 0 saturated heterocycles. The van der Waals surface area contributed by atoms with Gasteiger partial charge >= 0.3 is 5.97 Å². The van der Waals surface area contributed by atoms with Crippen LogP contribution in [0, 0.1) is 5.82 Å². The van der Waals surface area contributed by atoms with Crippen LogP contribution in [0.1, 0.15) is 32.4 Å². The highest BCUT2D eigenvalue weighted by molar-refractivity contribution is 7.80. The molecule has 0 spiro atoms. The van der Waals surface area contributed by atoms with E-state index >= 15 is 0 Å². The van der Waals surface area contributed by atoms with Crippen molar-refractivity contribution in [1.82, 2.24) is 5.32 Å². The second-order valence-electron chi connectivity index (χ2n) is 6.42. The molecule has 0 aliphatic carbocycles. The molecule has 1 aliphatic heterocycles. The number of halogens is 1. The lowest BCUT2D eigenvalue weighted by molar-refractivity contribution is -0.139. The highest BCUT2D eigenvalue weighted by Crippen LogP contribution is 2.35. The average Bonchev–Trinajstić information content (AvgIpc) is 2.69. The summed E-state index contributed by atoms with van der Waals surface area (Å²) in [5, 5.41) is 3.58. The Hall–Kier alpha value is -2.93. The Morgan fingerprint density at radius 1 is 1.17 bits per heavy atom. The van der Waals surface area contributed by atoms with Crippen molar-refractivity contribution in [2.45, 2.75) is 26.8 Å². The van der Waals surface area contributed by atoms with Crippen LogP contribution < -0.4 is 15.0 Å². The standard InChI is InChI=1S/C22H23FN2O3S/c1-4-27-18-11-9-17(10-12-18)25-14(3)19(21(26)28-5-2)20(24-22(25)29)15-7-6-8-16(23)13-15/h6-13,20H,4-5H2,1-3H3,(H,24,29)/t20-/m1/s1. The molecule has 152 valence electrons. The van der Waals surface area contributed by atoms with Gasteiger partial charge in [0, 0.05) is 11.4 Å². The number of nitrogens with one attached hydrogen (secondary N) is 1. The van der Waals surface area contributed by atoms with Gasteiger partial charge in [-0.25, -0.2) is 9.18 Å². The van der Waals surface area contributed by atoms with Gasteiger partial charge in [0.2, 0.25) is 0 Å². The number of carbonyl (C=O) groups is 1. The molecule has 0 unspecified atom stereocenters. The molecule has 0 radical (unpaired) electrons. The highest BCUT2D eigenvalue weighted by Gasteiger charge is 2.35. The van der Waals surface area contributed by atoms with Crippen molar-refractivity contribution in [3.8, 4) is 5.75 Å². The number of hydrogen-bond donors (Lipinski definition) is 1. The smallest absolute Gasteiger partial charge is 0.338 e. The van der Waals surface area contributed by atoms with Crippen molar-refractivity contribution in [1.29, 1.82) is 0 Å². The second kappa shape index (κ2) is 9.05. The molecule has 1 aliphatic rings. The molecule has 2 aromatic rings. The van der Waals surface area contributed by atoms with E-state index in [1.54, 1.807) is 24.0 Å². The molecule has 0 aromatic heterocycles. The normalized spacial score (nSPS) is 16.5. The zero-order valence-electron chi connectivity index (χ0n) is 16.6. The summed E-state index contributed by atoms with van der Waals surface area (Å²) >= 11 is 5.59. The molecule has 7 heteroatoms. The quantitative estimate of drug-likeness (QED) is 0.555. The summed E-state index contributed by atoms with van der Waals surface area (Å²) in [5.41, 5.74) is 2.40. The van der Waals surface area contributed by atoms with Gasteiger partial charge in [-0.15, -0.1) is 0 Å². The molecule has 1 heterocycles. The molecule has 2 aromatic carbocycles. The topological polar surface area (TPSA) is 50.8 Å². The second-order valence-corrected chi connectivity index (χ2v) is 6.81. The predicted octanol–water partition coefficient (Wildman–Crippen LogP) is 4.50. The number of esters is 1. The lowest BCUT2D eigenvalue weighted by Gasteiger charge is -2.37. The third-order valence-electron chi connectivity index (χ3n) is 4.57. The largest absolute Gasteiger partial charge is 0.494 e. The van der Waals surface area contributed by atoms with Crippen LogP contribution in [0.15, 0.2) is 59.8 Å². The molecule has 0 saturated carbocycles. The molecule has 0 fully saturated rings. The Morgan fingerprint density at radius 2 is 1.90 bits per heavy atom. The Kier molecular flexibility index (Phi) is 6.49. The van der Waals surface area contributed by atoms with Crippen LogP contribution in [0.25, 0.3) is 0 Å². The Bertz CT molecular complexity index is 943. The molecule has 0 amide bonds. The summed E-state index contributed by atoms with van der Waals surface area (Å²) in [6.07, 6.45) is 0. The number of thiocarbonyl (C=S) groups is 1. The fourth-order valence-electron chi connectivity index (χ4n) is 3.32. The van der Waals surface area contributed by atoms with Gasteiger partial charge in [0.1, 0.15) is 11.6 Å². The lowest BCUT2D eigenvalue weighted by atomic mass is 9.94. The van der Waals surface area contributed by atoms with Crippen molar-refractivity contribution in [3.05, 3.63) is 71.2 Å². The number of carbonyl (C=O) groups excluding carboxylic acids is 1. The molecular weight excluding hydrogens is 391 g/mol. The van der Waals surface area contributed by atoms with Crippen LogP contribution in [-0.4, -0.2) is 24.3 Å². The van der Waals surface area contributed by atoms with E-state index in [1.807, 2.05) is 38.1 Å². The Morgan fingerprint density at radius 3 is 2.52 bits per heavy atom. The maximum atomic E-state index is 13.8. The van der Waals surface area contributed by atoms with Crippen molar-refractivity contribution < 1.29 is 18.7 Å². The molecule has 5 nitrogen and oxygen atoms in total. The monoisotopic (exact) mass is 414 g/mol. The van der Waals surface area contributed by atoms with E-state index in [4.69, 9.17) is 21.7 Å². The minimum absolute atomic E-state index is 0.235. The van der Waals surface area contributed by atoms with Gasteiger partial charge in [0.25, 0.3) is 0 Å². The van der Waals surface area contributed by atoms with Crippen LogP contribution in [0.5, 0.6) is 5.75 Å². The van der Waals surface area contributed by atoms with Crippen molar-refractivity contribution in [3.63, 3.8) is 0 Å². The molecule has 0 bridgehead atoms. The van der Waals surface area contributed by atoms with Gasteiger partial charge in [0.05, 0.1) is 24.8 Å². The third kappa shape index (κ3) is 4.40. The fraction of sp³-hybridized carbons (Fsp3) is 0.273. The third-order valence-corrected chi connectivity index (χ3v) is 4.87. The van der Waals surface area contributed by atoms with Gasteiger partial charge in [-0.3, -0.25) is 4.90 Å². The molecular formula is C22H23FN2O3S. The van der Waals surface area contributed by atoms with E-state index in [2.05, 4.69) is 5.32 Å². The number of nitrogens with zero attached hydrogens (tertiary/aromatic N) is 1. The van der Waals surface area contributed by atoms with Gasteiger partial charge in [0.15, 0.2) is 5.11 Å². The van der Waals surface area contributed by atoms with E-state index in [0.717, 1.165) is 11.4 Å². The number of ether oxygens (including phenoxy) is 2. The van der Waals surface area contributed by atoms with E-state index in [9.17, 15) is 9.18 Å². The summed E-state index contributed by atoms with van der Waals surface area (Å²) in [5.74, 6) is -0.104. The van der Waals surface area contributed by atoms with Crippen molar-refractivity contribution in [2.24, 2.45) is 0 Å². The van der Waals surface area contributed by atoms with Crippen molar-refractivity contribution >= 4 is 29.0 Å². The van der Waals surface area contributed by atoms with E-state index in [-0.39, 0.29) is 12.4 Å². The van der Waals surface area contributed by atoms with Gasteiger partial charge in [-0.05, 0) is 75.0 Å². The summed E-state index contributed by atoms with van der Waals surface area (Å²) in [7, 11) is 0.